The van der Waals surface area contributed by atoms with Gasteiger partial charge in [-0.05, 0) is 120 Å². The highest BCUT2D eigenvalue weighted by molar-refractivity contribution is 7.89. The fourth-order valence-corrected chi connectivity index (χ4v) is 12.8. The van der Waals surface area contributed by atoms with Crippen LogP contribution in [0.2, 0.25) is 0 Å². The lowest BCUT2D eigenvalue weighted by Crippen LogP contribution is -2.47. The maximum Gasteiger partial charge on any atom is 0.305 e. The number of carbonyl (C=O) groups excluding carboxylic acids is 9. The highest BCUT2D eigenvalue weighted by Crippen LogP contribution is 2.27. The van der Waals surface area contributed by atoms with Crippen molar-refractivity contribution in [3.05, 3.63) is 150 Å². The van der Waals surface area contributed by atoms with Crippen LogP contribution in [0.25, 0.3) is 21.7 Å². The van der Waals surface area contributed by atoms with Crippen molar-refractivity contribution in [2.75, 3.05) is 19.6 Å². The van der Waals surface area contributed by atoms with E-state index >= 15 is 0 Å². The number of carbonyl (C=O) groups is 12. The second-order valence-corrected chi connectivity index (χ2v) is 27.7. The number of carboxylic acid groups (broad SMARTS) is 3. The summed E-state index contributed by atoms with van der Waals surface area (Å²) < 4.78 is 43.8. The molecule has 0 saturated carbocycles. The van der Waals surface area contributed by atoms with E-state index in [-0.39, 0.29) is 66.2 Å². The minimum Gasteiger partial charge on any atom is -0.481 e. The third kappa shape index (κ3) is 25.8. The molecule has 6 rings (SSSR count). The van der Waals surface area contributed by atoms with Gasteiger partial charge >= 0.3 is 17.9 Å². The number of H-pyrrole nitrogens is 1. The molecular formula is C73H88FN7O17S. The fraction of sp³-hybridized carbons (Fsp3) is 0.425. The minimum atomic E-state index is -4.53. The number of para-hydroxylation sites is 1. The van der Waals surface area contributed by atoms with Gasteiger partial charge in [-0.15, -0.1) is 0 Å². The lowest BCUT2D eigenvalue weighted by atomic mass is 9.87. The van der Waals surface area contributed by atoms with Crippen LogP contribution in [-0.4, -0.2) is 131 Å². The molecular weight excluding hydrogens is 1300 g/mol. The van der Waals surface area contributed by atoms with Crippen molar-refractivity contribution >= 4 is 102 Å². The predicted molar refractivity (Wildman–Crippen MR) is 366 cm³/mol. The SMILES string of the molecule is CC(C)(C)c1ccc(S(=O)(=O)N[C@H](CC(=O)O)C(=O)C[C@@H](CCC(=O)O)C(=O)NCC(=O)C[C@@H](Cc2cccc(F)c2)C(=O)N[C@@H](Cc2c[nH]c3ccccc23)C(=O)C[C@@H](CCC(=O)O)C(=O)NCCCCCC(=O)C[C@@H](CCCCNC(=O)c2ccc3ccccc3c2)C(N)=O)cc1. The average Bonchev–Trinajstić information content (AvgIpc) is 1.23. The molecule has 530 valence electrons. The normalized spacial score (nSPS) is 13.4. The summed E-state index contributed by atoms with van der Waals surface area (Å²) in [5, 5.41) is 42.4. The average molecular weight is 1390 g/mol. The van der Waals surface area contributed by atoms with Crippen LogP contribution in [0.3, 0.4) is 0 Å². The van der Waals surface area contributed by atoms with Crippen molar-refractivity contribution in [3.8, 4) is 0 Å². The third-order valence-corrected chi connectivity index (χ3v) is 18.7. The van der Waals surface area contributed by atoms with Gasteiger partial charge in [0.2, 0.25) is 33.7 Å². The number of amides is 5. The number of hydrogen-bond acceptors (Lipinski definition) is 14. The van der Waals surface area contributed by atoms with Crippen molar-refractivity contribution in [2.45, 2.75) is 159 Å². The van der Waals surface area contributed by atoms with Crippen molar-refractivity contribution in [3.63, 3.8) is 0 Å². The second-order valence-electron chi connectivity index (χ2n) is 26.0. The first-order valence-electron chi connectivity index (χ1n) is 33.0. The molecule has 0 fully saturated rings. The second kappa shape index (κ2) is 37.8. The maximum absolute atomic E-state index is 14.7. The molecule has 11 N–H and O–H groups in total. The number of sulfonamides is 1. The number of fused-ring (bicyclic) bond motifs is 2. The van der Waals surface area contributed by atoms with E-state index in [1.807, 2.05) is 57.2 Å². The van der Waals surface area contributed by atoms with E-state index in [1.54, 1.807) is 48.7 Å². The van der Waals surface area contributed by atoms with Crippen molar-refractivity contribution in [1.29, 1.82) is 0 Å². The Balaban J connectivity index is 1.08. The summed E-state index contributed by atoms with van der Waals surface area (Å²) in [5.41, 5.74) is 8.12. The lowest BCUT2D eigenvalue weighted by Gasteiger charge is -2.24. The Hall–Kier alpha value is -9.82. The first-order chi connectivity index (χ1) is 47.0. The molecule has 0 aliphatic heterocycles. The number of ketones is 4. The minimum absolute atomic E-state index is 0.0531. The van der Waals surface area contributed by atoms with Crippen LogP contribution in [0.1, 0.15) is 151 Å². The quantitative estimate of drug-likeness (QED) is 0.0163. The number of carboxylic acids is 3. The zero-order valence-electron chi connectivity index (χ0n) is 55.8. The maximum atomic E-state index is 14.7. The van der Waals surface area contributed by atoms with Crippen LogP contribution >= 0.6 is 0 Å². The van der Waals surface area contributed by atoms with Gasteiger partial charge in [0.1, 0.15) is 11.6 Å². The number of nitrogens with one attached hydrogen (secondary N) is 6. The molecule has 0 aliphatic rings. The zero-order chi connectivity index (χ0) is 72.4. The van der Waals surface area contributed by atoms with E-state index in [0.29, 0.717) is 67.1 Å². The number of hydrogen-bond donors (Lipinski definition) is 10. The number of aromatic nitrogens is 1. The number of primary amides is 1. The van der Waals surface area contributed by atoms with E-state index in [4.69, 9.17) is 5.73 Å². The number of rotatable bonds is 44. The van der Waals surface area contributed by atoms with E-state index < -0.39 is 162 Å². The molecule has 0 unspecified atom stereocenters. The first kappa shape index (κ1) is 78.2. The number of nitrogens with two attached hydrogens (primary N) is 1. The highest BCUT2D eigenvalue weighted by Gasteiger charge is 2.35. The lowest BCUT2D eigenvalue weighted by molar-refractivity contribution is -0.140. The topological polar surface area (TPSA) is 402 Å². The van der Waals surface area contributed by atoms with Gasteiger partial charge in [-0.25, -0.2) is 17.5 Å². The number of Topliss-reactive ketones (excluding diaryl/α,β-unsaturated/α-hetero) is 4. The van der Waals surface area contributed by atoms with Gasteiger partial charge < -0.3 is 47.3 Å². The Morgan fingerprint density at radius 3 is 1.81 bits per heavy atom. The summed E-state index contributed by atoms with van der Waals surface area (Å²) in [4.78, 5) is 161. The molecule has 0 radical (unpaired) electrons. The molecule has 26 heteroatoms. The Morgan fingerprint density at radius 2 is 1.16 bits per heavy atom. The molecule has 6 atom stereocenters. The van der Waals surface area contributed by atoms with Gasteiger partial charge in [0.25, 0.3) is 5.91 Å². The predicted octanol–water partition coefficient (Wildman–Crippen LogP) is 7.76. The Morgan fingerprint density at radius 1 is 0.545 bits per heavy atom. The molecule has 5 aromatic carbocycles. The molecule has 0 bridgehead atoms. The summed E-state index contributed by atoms with van der Waals surface area (Å²) in [6, 6.07) is 27.7. The molecule has 0 spiro atoms. The van der Waals surface area contributed by atoms with E-state index in [1.165, 1.54) is 24.3 Å². The number of benzene rings is 5. The summed E-state index contributed by atoms with van der Waals surface area (Å²) in [7, 11) is -4.53. The standard InChI is InChI=1S/C73H88FN7O17S/c1-73(2,3)54-26-28-58(29-27-54)99(97,98)81-62(42-67(90)91)64(85)41-51(25-31-66(88)89)71(95)79-44-57(83)38-52(34-45-14-13-18-55(74)35-45)72(96)80-61(39-53-43-78-60-21-9-8-20-59(53)60)63(84)40-50(24-30-65(86)87)70(94)76-32-11-4-5-19-56(82)37-48(68(75)92)17-10-12-33-77-69(93)49-23-22-46-15-6-7-16-47(46)36-49/h6-9,13-16,18,20-23,26-29,35-36,43,48,50-52,61-62,78,81H,4-5,10-12,17,19,24-25,30-34,37-42,44H2,1-3H3,(H2,75,92)(H,76,94)(H,77,93)(H,79,95)(H,80,96)(H,86,87)(H,88,89)(H,90,91)/t48-,50-,51-,52-,61+,62-/m1/s1. The van der Waals surface area contributed by atoms with Crippen molar-refractivity contribution in [2.24, 2.45) is 29.4 Å². The van der Waals surface area contributed by atoms with Crippen LogP contribution in [0.15, 0.2) is 126 Å². The van der Waals surface area contributed by atoms with Crippen LogP contribution < -0.4 is 31.7 Å². The van der Waals surface area contributed by atoms with Gasteiger partial charge in [0.15, 0.2) is 17.3 Å². The van der Waals surface area contributed by atoms with E-state index in [2.05, 4.69) is 31.0 Å². The highest BCUT2D eigenvalue weighted by atomic mass is 32.2. The smallest absolute Gasteiger partial charge is 0.305 e. The fourth-order valence-electron chi connectivity index (χ4n) is 11.6. The number of unbranched alkanes of at least 4 members (excludes halogenated alkanes) is 3. The van der Waals surface area contributed by atoms with Gasteiger partial charge in [0.05, 0.1) is 29.9 Å². The summed E-state index contributed by atoms with van der Waals surface area (Å²) in [6.07, 6.45) is -1.11. The van der Waals surface area contributed by atoms with Crippen molar-refractivity contribution in [1.82, 2.24) is 31.0 Å². The van der Waals surface area contributed by atoms with E-state index in [0.717, 1.165) is 28.5 Å². The number of halogens is 1. The Kier molecular flexibility index (Phi) is 29.8. The molecule has 1 aromatic heterocycles. The number of aliphatic carboxylic acids is 3. The molecule has 6 aromatic rings. The molecule has 0 saturated heterocycles. The molecule has 24 nitrogen and oxygen atoms in total. The molecule has 99 heavy (non-hydrogen) atoms. The zero-order valence-corrected chi connectivity index (χ0v) is 56.6. The van der Waals surface area contributed by atoms with Gasteiger partial charge in [0, 0.05) is 111 Å². The third-order valence-electron chi connectivity index (χ3n) is 17.2. The largest absolute Gasteiger partial charge is 0.481 e. The summed E-state index contributed by atoms with van der Waals surface area (Å²) >= 11 is 0. The van der Waals surface area contributed by atoms with Crippen LogP contribution in [0, 0.1) is 29.5 Å². The number of aromatic amines is 1. The Bertz CT molecular complexity index is 4000. The van der Waals surface area contributed by atoms with Crippen LogP contribution in [0.5, 0.6) is 0 Å². The Labute approximate surface area is 573 Å². The van der Waals surface area contributed by atoms with E-state index in [9.17, 15) is 85.7 Å². The monoisotopic (exact) mass is 1390 g/mol. The summed E-state index contributed by atoms with van der Waals surface area (Å²) in [5.74, 6) is -15.8. The molecule has 1 heterocycles. The van der Waals surface area contributed by atoms with Crippen LogP contribution in [0.4, 0.5) is 4.39 Å². The first-order valence-corrected chi connectivity index (χ1v) is 34.5. The van der Waals surface area contributed by atoms with Gasteiger partial charge in [-0.2, -0.15) is 0 Å². The van der Waals surface area contributed by atoms with Crippen molar-refractivity contribution < 1.29 is 85.7 Å². The van der Waals surface area contributed by atoms with Crippen LogP contribution in [-0.2, 0) is 81.0 Å². The molecule has 5 amide bonds. The molecule has 0 aliphatic carbocycles. The van der Waals surface area contributed by atoms with Gasteiger partial charge in [-0.3, -0.25) is 57.5 Å². The summed E-state index contributed by atoms with van der Waals surface area (Å²) in [6.45, 7) is 5.35. The van der Waals surface area contributed by atoms with Gasteiger partial charge in [-0.1, -0.05) is 106 Å².